The van der Waals surface area contributed by atoms with Gasteiger partial charge >= 0.3 is 5.97 Å². The maximum Gasteiger partial charge on any atom is 0.352 e. The quantitative estimate of drug-likeness (QED) is 0.836. The van der Waals surface area contributed by atoms with Gasteiger partial charge in [0.05, 0.1) is 0 Å². The van der Waals surface area contributed by atoms with Gasteiger partial charge in [-0.05, 0) is 36.5 Å². The first-order valence-electron chi connectivity index (χ1n) is 5.36. The van der Waals surface area contributed by atoms with Crippen molar-refractivity contribution in [2.75, 3.05) is 0 Å². The van der Waals surface area contributed by atoms with E-state index in [1.807, 2.05) is 12.1 Å². The van der Waals surface area contributed by atoms with Gasteiger partial charge in [0.15, 0.2) is 0 Å². The second-order valence-electron chi connectivity index (χ2n) is 4.28. The van der Waals surface area contributed by atoms with Crippen LogP contribution in [0.3, 0.4) is 0 Å². The summed E-state index contributed by atoms with van der Waals surface area (Å²) in [7, 11) is 1.77. The Labute approximate surface area is 92.5 Å². The number of nitrogens with zero attached hydrogens (tertiary/aromatic N) is 2. The van der Waals surface area contributed by atoms with E-state index >= 15 is 0 Å². The van der Waals surface area contributed by atoms with Crippen LogP contribution in [0, 0.1) is 0 Å². The first-order chi connectivity index (χ1) is 7.70. The Morgan fingerprint density at radius 3 is 2.94 bits per heavy atom. The molecule has 1 aliphatic rings. The van der Waals surface area contributed by atoms with Gasteiger partial charge in [-0.1, -0.05) is 0 Å². The summed E-state index contributed by atoms with van der Waals surface area (Å²) in [5.74, 6) is -0.443. The Morgan fingerprint density at radius 1 is 1.56 bits per heavy atom. The largest absolute Gasteiger partial charge is 0.477 e. The van der Waals surface area contributed by atoms with Crippen LogP contribution in [0.5, 0.6) is 0 Å². The first kappa shape index (κ1) is 9.39. The number of aromatic carboxylic acids is 1. The van der Waals surface area contributed by atoms with E-state index in [1.165, 1.54) is 0 Å². The molecule has 4 heteroatoms. The van der Waals surface area contributed by atoms with Crippen molar-refractivity contribution in [3.8, 4) is 0 Å². The third kappa shape index (κ3) is 1.16. The molecule has 0 aromatic carbocycles. The van der Waals surface area contributed by atoms with Gasteiger partial charge in [0, 0.05) is 18.6 Å². The minimum atomic E-state index is -0.859. The molecule has 0 aliphatic heterocycles. The molecule has 1 saturated carbocycles. The van der Waals surface area contributed by atoms with Crippen LogP contribution in [0.15, 0.2) is 18.3 Å². The van der Waals surface area contributed by atoms with Crippen LogP contribution in [0.2, 0.25) is 0 Å². The third-order valence-electron chi connectivity index (χ3n) is 3.17. The van der Waals surface area contributed by atoms with Crippen molar-refractivity contribution >= 4 is 17.0 Å². The maximum absolute atomic E-state index is 11.3. The average Bonchev–Trinajstić information content (AvgIpc) is 3.05. The number of carboxylic acid groups (broad SMARTS) is 1. The van der Waals surface area contributed by atoms with Crippen molar-refractivity contribution in [1.29, 1.82) is 0 Å². The van der Waals surface area contributed by atoms with Gasteiger partial charge in [-0.2, -0.15) is 0 Å². The zero-order valence-corrected chi connectivity index (χ0v) is 8.97. The third-order valence-corrected chi connectivity index (χ3v) is 3.17. The van der Waals surface area contributed by atoms with Crippen molar-refractivity contribution in [1.82, 2.24) is 9.55 Å². The molecular weight excluding hydrogens is 204 g/mol. The van der Waals surface area contributed by atoms with Gasteiger partial charge in [-0.25, -0.2) is 9.78 Å². The van der Waals surface area contributed by atoms with Crippen LogP contribution in [0.25, 0.3) is 11.0 Å². The molecule has 0 atom stereocenters. The van der Waals surface area contributed by atoms with E-state index in [0.717, 1.165) is 29.4 Å². The highest BCUT2D eigenvalue weighted by atomic mass is 16.4. The highest BCUT2D eigenvalue weighted by molar-refractivity contribution is 5.97. The standard InChI is InChI=1S/C12H12N2O2/c1-14-10(12(15)16)9(7-4-5-7)8-3-2-6-13-11(8)14/h2-3,6-7H,4-5H2,1H3,(H,15,16). The van der Waals surface area contributed by atoms with Crippen LogP contribution < -0.4 is 0 Å². The van der Waals surface area contributed by atoms with E-state index in [2.05, 4.69) is 4.98 Å². The lowest BCUT2D eigenvalue weighted by molar-refractivity contribution is 0.0685. The monoisotopic (exact) mass is 216 g/mol. The zero-order chi connectivity index (χ0) is 11.3. The Kier molecular flexibility index (Phi) is 1.80. The number of fused-ring (bicyclic) bond motifs is 1. The van der Waals surface area contributed by atoms with E-state index in [4.69, 9.17) is 0 Å². The van der Waals surface area contributed by atoms with Crippen LogP contribution in [0.4, 0.5) is 0 Å². The molecule has 0 unspecified atom stereocenters. The summed E-state index contributed by atoms with van der Waals surface area (Å²) in [6.07, 6.45) is 3.88. The van der Waals surface area contributed by atoms with Gasteiger partial charge in [0.1, 0.15) is 11.3 Å². The van der Waals surface area contributed by atoms with Crippen LogP contribution in [-0.2, 0) is 7.05 Å². The topological polar surface area (TPSA) is 55.1 Å². The Hall–Kier alpha value is -1.84. The molecule has 0 spiro atoms. The lowest BCUT2D eigenvalue weighted by Crippen LogP contribution is -2.07. The van der Waals surface area contributed by atoms with Crippen molar-refractivity contribution in [2.45, 2.75) is 18.8 Å². The number of hydrogen-bond donors (Lipinski definition) is 1. The minimum absolute atomic E-state index is 0.399. The Bertz CT molecular complexity index is 582. The summed E-state index contributed by atoms with van der Waals surface area (Å²) in [5, 5.41) is 10.3. The van der Waals surface area contributed by atoms with Gasteiger partial charge in [0.2, 0.25) is 0 Å². The first-order valence-corrected chi connectivity index (χ1v) is 5.36. The summed E-state index contributed by atoms with van der Waals surface area (Å²) >= 11 is 0. The Morgan fingerprint density at radius 2 is 2.31 bits per heavy atom. The smallest absolute Gasteiger partial charge is 0.352 e. The van der Waals surface area contributed by atoms with E-state index in [1.54, 1.807) is 17.8 Å². The van der Waals surface area contributed by atoms with Gasteiger partial charge in [-0.15, -0.1) is 0 Å². The van der Waals surface area contributed by atoms with Crippen molar-refractivity contribution in [2.24, 2.45) is 7.05 Å². The van der Waals surface area contributed by atoms with E-state index in [9.17, 15) is 9.90 Å². The number of carboxylic acids is 1. The van der Waals surface area contributed by atoms with Crippen molar-refractivity contribution < 1.29 is 9.90 Å². The second kappa shape index (κ2) is 3.07. The minimum Gasteiger partial charge on any atom is -0.477 e. The van der Waals surface area contributed by atoms with Crippen LogP contribution in [0.1, 0.15) is 34.8 Å². The zero-order valence-electron chi connectivity index (χ0n) is 8.97. The fourth-order valence-electron chi connectivity index (χ4n) is 2.33. The number of carbonyl (C=O) groups is 1. The van der Waals surface area contributed by atoms with Crippen LogP contribution >= 0.6 is 0 Å². The molecule has 3 rings (SSSR count). The molecule has 1 aliphatic carbocycles. The number of aromatic nitrogens is 2. The number of rotatable bonds is 2. The van der Waals surface area contributed by atoms with Gasteiger partial charge < -0.3 is 9.67 Å². The second-order valence-corrected chi connectivity index (χ2v) is 4.28. The highest BCUT2D eigenvalue weighted by Gasteiger charge is 2.33. The number of aryl methyl sites for hydroxylation is 1. The molecule has 0 saturated heterocycles. The lowest BCUT2D eigenvalue weighted by Gasteiger charge is -2.00. The van der Waals surface area contributed by atoms with Crippen LogP contribution in [-0.4, -0.2) is 20.6 Å². The molecule has 4 nitrogen and oxygen atoms in total. The van der Waals surface area contributed by atoms with Gasteiger partial charge in [-0.3, -0.25) is 0 Å². The number of hydrogen-bond acceptors (Lipinski definition) is 2. The summed E-state index contributed by atoms with van der Waals surface area (Å²) in [6, 6.07) is 3.82. The molecule has 1 fully saturated rings. The molecule has 16 heavy (non-hydrogen) atoms. The molecule has 82 valence electrons. The average molecular weight is 216 g/mol. The molecule has 0 amide bonds. The number of pyridine rings is 1. The van der Waals surface area contributed by atoms with Crippen molar-refractivity contribution in [3.63, 3.8) is 0 Å². The lowest BCUT2D eigenvalue weighted by atomic mass is 10.1. The molecular formula is C12H12N2O2. The van der Waals surface area contributed by atoms with E-state index in [0.29, 0.717) is 11.6 Å². The van der Waals surface area contributed by atoms with Gasteiger partial charge in [0.25, 0.3) is 0 Å². The predicted molar refractivity (Wildman–Crippen MR) is 59.6 cm³/mol. The van der Waals surface area contributed by atoms with E-state index in [-0.39, 0.29) is 0 Å². The summed E-state index contributed by atoms with van der Waals surface area (Å²) < 4.78 is 1.69. The molecule has 2 heterocycles. The fraction of sp³-hybridized carbons (Fsp3) is 0.333. The molecule has 2 aromatic rings. The summed E-state index contributed by atoms with van der Waals surface area (Å²) in [4.78, 5) is 15.6. The summed E-state index contributed by atoms with van der Waals surface area (Å²) in [6.45, 7) is 0. The van der Waals surface area contributed by atoms with E-state index < -0.39 is 5.97 Å². The highest BCUT2D eigenvalue weighted by Crippen LogP contribution is 2.45. The maximum atomic E-state index is 11.3. The normalized spacial score (nSPS) is 15.6. The SMILES string of the molecule is Cn1c(C(=O)O)c(C2CC2)c2cccnc21. The molecule has 1 N–H and O–H groups in total. The molecule has 0 radical (unpaired) electrons. The van der Waals surface area contributed by atoms with Crippen molar-refractivity contribution in [3.05, 3.63) is 29.6 Å². The molecule has 2 aromatic heterocycles. The fourth-order valence-corrected chi connectivity index (χ4v) is 2.33. The molecule has 0 bridgehead atoms. The summed E-state index contributed by atoms with van der Waals surface area (Å²) in [5.41, 5.74) is 2.14. The predicted octanol–water partition coefficient (Wildman–Crippen LogP) is 2.15. The Balaban J connectivity index is 2.41.